The van der Waals surface area contributed by atoms with Gasteiger partial charge in [0.05, 0.1) is 19.8 Å². The van der Waals surface area contributed by atoms with Crippen molar-refractivity contribution in [1.82, 2.24) is 20.6 Å². The van der Waals surface area contributed by atoms with Crippen molar-refractivity contribution >= 4 is 22.7 Å². The van der Waals surface area contributed by atoms with Crippen LogP contribution in [0.25, 0.3) is 22.4 Å². The molecule has 0 aliphatic rings. The number of hydrogen-bond acceptors (Lipinski definition) is 8. The zero-order valence-electron chi connectivity index (χ0n) is 21.7. The van der Waals surface area contributed by atoms with Gasteiger partial charge in [0.25, 0.3) is 5.91 Å². The number of nitrogens with one attached hydrogen (secondary N) is 2. The van der Waals surface area contributed by atoms with Gasteiger partial charge in [0.15, 0.2) is 11.5 Å². The highest BCUT2D eigenvalue weighted by Crippen LogP contribution is 2.37. The van der Waals surface area contributed by atoms with Crippen molar-refractivity contribution in [2.75, 3.05) is 26.9 Å². The number of amides is 2. The summed E-state index contributed by atoms with van der Waals surface area (Å²) < 4.78 is 56.1. The Hall–Kier alpha value is -3.71. The molecule has 2 amide bonds. The minimum absolute atomic E-state index is 0.0360. The summed E-state index contributed by atoms with van der Waals surface area (Å²) in [5.41, 5.74) is 3.67. The number of oxazole rings is 1. The van der Waals surface area contributed by atoms with E-state index in [4.69, 9.17) is 19.6 Å². The molecule has 206 valence electrons. The number of halogens is 3. The van der Waals surface area contributed by atoms with Gasteiger partial charge in [-0.25, -0.2) is 9.97 Å². The molecule has 2 aromatic heterocycles. The van der Waals surface area contributed by atoms with E-state index in [1.807, 2.05) is 6.92 Å². The van der Waals surface area contributed by atoms with Crippen LogP contribution in [0.5, 0.6) is 5.75 Å². The quantitative estimate of drug-likeness (QED) is 0.333. The number of benzene rings is 1. The Morgan fingerprint density at radius 3 is 2.47 bits per heavy atom. The van der Waals surface area contributed by atoms with E-state index in [0.29, 0.717) is 13.2 Å². The first-order valence-corrected chi connectivity index (χ1v) is 11.8. The number of hydrogen-bond donors (Lipinski definition) is 3. The van der Waals surface area contributed by atoms with Crippen LogP contribution < -0.4 is 21.1 Å². The highest BCUT2D eigenvalue weighted by Gasteiger charge is 2.34. The molecule has 0 aliphatic carbocycles. The van der Waals surface area contributed by atoms with Gasteiger partial charge in [-0.1, -0.05) is 0 Å². The molecule has 0 saturated carbocycles. The first-order valence-electron chi connectivity index (χ1n) is 11.8. The molecule has 0 radical (unpaired) electrons. The molecule has 38 heavy (non-hydrogen) atoms. The molecule has 0 bridgehead atoms. The minimum Gasteiger partial charge on any atom is -0.494 e. The molecule has 3 aromatic rings. The number of carbonyl (C=O) groups is 2. The number of nitrogens with two attached hydrogens (primary N) is 1. The summed E-state index contributed by atoms with van der Waals surface area (Å²) in [5.74, 6) is -1.06. The molecular formula is C25H30F3N5O5. The Labute approximate surface area is 217 Å². The van der Waals surface area contributed by atoms with Gasteiger partial charge in [-0.05, 0) is 52.0 Å². The molecule has 1 aromatic carbocycles. The maximum absolute atomic E-state index is 13.3. The Morgan fingerprint density at radius 2 is 1.87 bits per heavy atom. The zero-order valence-corrected chi connectivity index (χ0v) is 21.7. The summed E-state index contributed by atoms with van der Waals surface area (Å²) in [6.45, 7) is 7.55. The van der Waals surface area contributed by atoms with Crippen LogP contribution in [0.15, 0.2) is 28.7 Å². The molecule has 0 spiro atoms. The first-order chi connectivity index (χ1) is 17.8. The fourth-order valence-corrected chi connectivity index (χ4v) is 3.62. The van der Waals surface area contributed by atoms with Crippen molar-refractivity contribution in [3.63, 3.8) is 0 Å². The number of aromatic nitrogens is 2. The maximum Gasteiger partial charge on any atom is 0.433 e. The largest absolute Gasteiger partial charge is 0.494 e. The molecular weight excluding hydrogens is 507 g/mol. The van der Waals surface area contributed by atoms with Gasteiger partial charge in [-0.15, -0.1) is 0 Å². The van der Waals surface area contributed by atoms with E-state index in [0.717, 1.165) is 6.07 Å². The fourth-order valence-electron chi connectivity index (χ4n) is 3.62. The molecule has 2 heterocycles. The van der Waals surface area contributed by atoms with Crippen LogP contribution in [0, 0.1) is 0 Å². The normalized spacial score (nSPS) is 12.9. The lowest BCUT2D eigenvalue weighted by molar-refractivity contribution is -0.141. The predicted octanol–water partition coefficient (Wildman–Crippen LogP) is 3.60. The van der Waals surface area contributed by atoms with Gasteiger partial charge in [-0.2, -0.15) is 13.2 Å². The summed E-state index contributed by atoms with van der Waals surface area (Å²) in [4.78, 5) is 33.8. The summed E-state index contributed by atoms with van der Waals surface area (Å²) in [6, 6.07) is 4.26. The highest BCUT2D eigenvalue weighted by atomic mass is 19.4. The van der Waals surface area contributed by atoms with E-state index >= 15 is 0 Å². The molecule has 3 rings (SSSR count). The Kier molecular flexibility index (Phi) is 8.62. The summed E-state index contributed by atoms with van der Waals surface area (Å²) in [5, 5.41) is 5.57. The summed E-state index contributed by atoms with van der Waals surface area (Å²) >= 11 is 0. The number of ether oxygens (including phenoxy) is 2. The van der Waals surface area contributed by atoms with E-state index in [1.165, 1.54) is 39.2 Å². The number of rotatable bonds is 10. The fraction of sp³-hybridized carbons (Fsp3) is 0.440. The zero-order chi connectivity index (χ0) is 28.3. The second-order valence-corrected chi connectivity index (χ2v) is 8.96. The molecule has 0 aliphatic heterocycles. The van der Waals surface area contributed by atoms with Gasteiger partial charge in [0.2, 0.25) is 11.8 Å². The average molecular weight is 538 g/mol. The monoisotopic (exact) mass is 537 g/mol. The molecule has 13 heteroatoms. The third kappa shape index (κ3) is 6.22. The Morgan fingerprint density at radius 1 is 1.16 bits per heavy atom. The van der Waals surface area contributed by atoms with Crippen molar-refractivity contribution in [3.05, 3.63) is 41.4 Å². The highest BCUT2D eigenvalue weighted by molar-refractivity contribution is 6.00. The third-order valence-corrected chi connectivity index (χ3v) is 5.57. The number of pyridine rings is 1. The molecule has 0 unspecified atom stereocenters. The van der Waals surface area contributed by atoms with Crippen LogP contribution in [0.1, 0.15) is 55.7 Å². The van der Waals surface area contributed by atoms with Crippen LogP contribution >= 0.6 is 0 Å². The Bertz CT molecular complexity index is 1320. The second-order valence-electron chi connectivity index (χ2n) is 8.96. The molecule has 4 N–H and O–H groups in total. The topological polar surface area (TPSA) is 142 Å². The van der Waals surface area contributed by atoms with Crippen molar-refractivity contribution < 1.29 is 36.7 Å². The van der Waals surface area contributed by atoms with E-state index in [9.17, 15) is 22.8 Å². The minimum atomic E-state index is -4.66. The smallest absolute Gasteiger partial charge is 0.433 e. The number of nitrogens with zero attached hydrogens (tertiary/aromatic N) is 2. The Balaban J connectivity index is 1.99. The molecule has 0 saturated heterocycles. The second kappa shape index (κ2) is 11.4. The molecule has 0 fully saturated rings. The summed E-state index contributed by atoms with van der Waals surface area (Å²) in [6.07, 6.45) is -4.66. The van der Waals surface area contributed by atoms with E-state index in [2.05, 4.69) is 20.6 Å². The average Bonchev–Trinajstić information content (AvgIpc) is 3.30. The van der Waals surface area contributed by atoms with Crippen LogP contribution in [-0.2, 0) is 15.7 Å². The maximum atomic E-state index is 13.3. The van der Waals surface area contributed by atoms with Crippen molar-refractivity contribution in [1.29, 1.82) is 0 Å². The lowest BCUT2D eigenvalue weighted by Crippen LogP contribution is -2.55. The third-order valence-electron chi connectivity index (χ3n) is 5.57. The van der Waals surface area contributed by atoms with Crippen molar-refractivity contribution in [3.8, 4) is 17.2 Å². The predicted molar refractivity (Wildman–Crippen MR) is 132 cm³/mol. The van der Waals surface area contributed by atoms with Crippen LogP contribution in [0.4, 0.5) is 13.2 Å². The van der Waals surface area contributed by atoms with Crippen LogP contribution in [-0.4, -0.2) is 54.2 Å². The van der Waals surface area contributed by atoms with Crippen molar-refractivity contribution in [2.24, 2.45) is 5.73 Å². The van der Waals surface area contributed by atoms with Gasteiger partial charge in [0.1, 0.15) is 22.5 Å². The van der Waals surface area contributed by atoms with E-state index in [-0.39, 0.29) is 46.1 Å². The van der Waals surface area contributed by atoms with Crippen molar-refractivity contribution in [2.45, 2.75) is 45.5 Å². The first kappa shape index (κ1) is 28.9. The van der Waals surface area contributed by atoms with E-state index < -0.39 is 35.3 Å². The lowest BCUT2D eigenvalue weighted by atomic mass is 10.0. The number of fused-ring (bicyclic) bond motifs is 1. The van der Waals surface area contributed by atoms with Gasteiger partial charge in [0, 0.05) is 24.1 Å². The SMILES string of the molecule is CCOCCNC(=O)C(C)(C)NC(=O)c1nc(-c2ccc(OC)c3nc(C(F)(F)F)ccc23)oc1[C@H](C)N. The van der Waals surface area contributed by atoms with Gasteiger partial charge >= 0.3 is 6.18 Å². The van der Waals surface area contributed by atoms with Crippen LogP contribution in [0.3, 0.4) is 0 Å². The van der Waals surface area contributed by atoms with Crippen LogP contribution in [0.2, 0.25) is 0 Å². The van der Waals surface area contributed by atoms with Gasteiger partial charge < -0.3 is 30.3 Å². The standard InChI is InChI=1S/C25H30F3N5O5/c1-6-37-12-11-30-23(35)24(3,4)33-21(34)19-20(13(2)29)38-22(32-19)15-7-9-16(36-5)18-14(15)8-10-17(31-18)25(26,27)28/h7-10,13H,6,11-12,29H2,1-5H3,(H,30,35)(H,33,34)/t13-/m0/s1. The number of alkyl halides is 3. The van der Waals surface area contributed by atoms with E-state index in [1.54, 1.807) is 6.92 Å². The summed E-state index contributed by atoms with van der Waals surface area (Å²) in [7, 11) is 1.31. The van der Waals surface area contributed by atoms with Gasteiger partial charge in [-0.3, -0.25) is 9.59 Å². The molecule has 10 nitrogen and oxygen atoms in total. The number of carbonyl (C=O) groups excluding carboxylic acids is 2. The lowest BCUT2D eigenvalue weighted by Gasteiger charge is -2.25. The number of methoxy groups -OCH3 is 1. The molecule has 1 atom stereocenters.